The van der Waals surface area contributed by atoms with Gasteiger partial charge in [0.05, 0.1) is 0 Å². The molecule has 2 atom stereocenters. The van der Waals surface area contributed by atoms with Crippen molar-refractivity contribution in [2.24, 2.45) is 0 Å². The maximum absolute atomic E-state index is 12.7. The standard InChI is InChI=1S/C22H37N3O2/c1-7-14-24-15-10-9-11-19(24)18-12-13-20(23-16-18)25(17(3)8-2)21(26)27-22(4,5)6/h12-13,16-17,19H,7-11,14-15H2,1-6H3/t17-,19-/m1/s1. The van der Waals surface area contributed by atoms with Crippen molar-refractivity contribution >= 4 is 11.9 Å². The molecule has 0 aliphatic carbocycles. The molecule has 152 valence electrons. The van der Waals surface area contributed by atoms with Gasteiger partial charge in [0.1, 0.15) is 11.4 Å². The molecule has 0 aromatic carbocycles. The van der Waals surface area contributed by atoms with Crippen LogP contribution in [-0.4, -0.2) is 40.7 Å². The molecular formula is C22H37N3O2. The van der Waals surface area contributed by atoms with E-state index in [1.54, 1.807) is 4.90 Å². The van der Waals surface area contributed by atoms with Crippen LogP contribution in [0.25, 0.3) is 0 Å². The number of amides is 1. The van der Waals surface area contributed by atoms with Gasteiger partial charge in [0.15, 0.2) is 0 Å². The fourth-order valence-corrected chi connectivity index (χ4v) is 3.65. The average molecular weight is 376 g/mol. The number of aromatic nitrogens is 1. The SMILES string of the molecule is CCCN1CCCC[C@@H]1c1ccc(N(C(=O)OC(C)(C)C)[C@H](C)CC)nc1. The lowest BCUT2D eigenvalue weighted by Crippen LogP contribution is -2.42. The second-order valence-corrected chi connectivity index (χ2v) is 8.60. The molecule has 1 saturated heterocycles. The molecular weight excluding hydrogens is 338 g/mol. The largest absolute Gasteiger partial charge is 0.443 e. The predicted octanol–water partition coefficient (Wildman–Crippen LogP) is 5.56. The minimum atomic E-state index is -0.522. The zero-order valence-electron chi connectivity index (χ0n) is 18.0. The number of carbonyl (C=O) groups is 1. The molecule has 2 heterocycles. The van der Waals surface area contributed by atoms with Gasteiger partial charge in [0.2, 0.25) is 0 Å². The van der Waals surface area contributed by atoms with Crippen LogP contribution in [0.1, 0.15) is 85.3 Å². The van der Waals surface area contributed by atoms with Crippen molar-refractivity contribution in [1.29, 1.82) is 0 Å². The summed E-state index contributed by atoms with van der Waals surface area (Å²) in [6, 6.07) is 4.59. The monoisotopic (exact) mass is 375 g/mol. The number of likely N-dealkylation sites (tertiary alicyclic amines) is 1. The average Bonchev–Trinajstić information content (AvgIpc) is 2.61. The van der Waals surface area contributed by atoms with E-state index >= 15 is 0 Å². The number of piperidine rings is 1. The number of rotatable bonds is 6. The van der Waals surface area contributed by atoms with E-state index in [9.17, 15) is 4.79 Å². The summed E-state index contributed by atoms with van der Waals surface area (Å²) in [4.78, 5) is 21.7. The van der Waals surface area contributed by atoms with Gasteiger partial charge in [-0.15, -0.1) is 0 Å². The van der Waals surface area contributed by atoms with Crippen molar-refractivity contribution < 1.29 is 9.53 Å². The molecule has 0 spiro atoms. The van der Waals surface area contributed by atoms with Crippen LogP contribution >= 0.6 is 0 Å². The lowest BCUT2D eigenvalue weighted by molar-refractivity contribution is 0.0566. The summed E-state index contributed by atoms with van der Waals surface area (Å²) in [5.74, 6) is 0.667. The lowest BCUT2D eigenvalue weighted by Gasteiger charge is -2.36. The van der Waals surface area contributed by atoms with E-state index < -0.39 is 5.60 Å². The summed E-state index contributed by atoms with van der Waals surface area (Å²) >= 11 is 0. The highest BCUT2D eigenvalue weighted by atomic mass is 16.6. The third kappa shape index (κ3) is 5.93. The Morgan fingerprint density at radius 3 is 2.63 bits per heavy atom. The van der Waals surface area contributed by atoms with Crippen molar-refractivity contribution in [3.63, 3.8) is 0 Å². The van der Waals surface area contributed by atoms with Gasteiger partial charge in [0, 0.05) is 18.3 Å². The Morgan fingerprint density at radius 1 is 1.33 bits per heavy atom. The third-order valence-electron chi connectivity index (χ3n) is 5.15. The highest BCUT2D eigenvalue weighted by Gasteiger charge is 2.28. The summed E-state index contributed by atoms with van der Waals surface area (Å²) in [7, 11) is 0. The maximum Gasteiger partial charge on any atom is 0.416 e. The van der Waals surface area contributed by atoms with E-state index in [2.05, 4.69) is 29.8 Å². The molecule has 1 fully saturated rings. The molecule has 0 bridgehead atoms. The quantitative estimate of drug-likeness (QED) is 0.653. The number of pyridine rings is 1. The molecule has 1 aliphatic rings. The van der Waals surface area contributed by atoms with E-state index in [-0.39, 0.29) is 12.1 Å². The molecule has 5 nitrogen and oxygen atoms in total. The van der Waals surface area contributed by atoms with Gasteiger partial charge in [-0.05, 0) is 78.1 Å². The fraction of sp³-hybridized carbons (Fsp3) is 0.727. The van der Waals surface area contributed by atoms with E-state index in [1.165, 1.54) is 31.2 Å². The van der Waals surface area contributed by atoms with Gasteiger partial charge in [-0.2, -0.15) is 0 Å². The highest BCUT2D eigenvalue weighted by molar-refractivity contribution is 5.87. The van der Waals surface area contributed by atoms with Gasteiger partial charge >= 0.3 is 6.09 Å². The van der Waals surface area contributed by atoms with Gasteiger partial charge in [-0.25, -0.2) is 9.78 Å². The first-order chi connectivity index (χ1) is 12.8. The van der Waals surface area contributed by atoms with Crippen LogP contribution in [0.15, 0.2) is 18.3 Å². The lowest BCUT2D eigenvalue weighted by atomic mass is 9.96. The number of carbonyl (C=O) groups excluding carboxylic acids is 1. The summed E-state index contributed by atoms with van der Waals surface area (Å²) in [6.45, 7) is 14.3. The second kappa shape index (κ2) is 9.54. The molecule has 1 aliphatic heterocycles. The van der Waals surface area contributed by atoms with Crippen LogP contribution in [0, 0.1) is 0 Å². The number of nitrogens with zero attached hydrogens (tertiary/aromatic N) is 3. The Labute approximate surface area is 165 Å². The van der Waals surface area contributed by atoms with Crippen LogP contribution in [-0.2, 0) is 4.74 Å². The molecule has 5 heteroatoms. The Hall–Kier alpha value is -1.62. The molecule has 0 unspecified atom stereocenters. The summed E-state index contributed by atoms with van der Waals surface area (Å²) in [5.41, 5.74) is 0.728. The summed E-state index contributed by atoms with van der Waals surface area (Å²) in [5, 5.41) is 0. The van der Waals surface area contributed by atoms with Crippen molar-refractivity contribution in [2.45, 2.75) is 91.3 Å². The first-order valence-electron chi connectivity index (χ1n) is 10.5. The van der Waals surface area contributed by atoms with Crippen LogP contribution in [0.4, 0.5) is 10.6 Å². The van der Waals surface area contributed by atoms with E-state index in [0.29, 0.717) is 11.9 Å². The fourth-order valence-electron chi connectivity index (χ4n) is 3.65. The van der Waals surface area contributed by atoms with Crippen molar-refractivity contribution in [1.82, 2.24) is 9.88 Å². The molecule has 1 aromatic rings. The molecule has 2 rings (SSSR count). The second-order valence-electron chi connectivity index (χ2n) is 8.60. The first kappa shape index (κ1) is 21.7. The van der Waals surface area contributed by atoms with E-state index in [1.807, 2.05) is 40.0 Å². The smallest absolute Gasteiger partial charge is 0.416 e. The minimum absolute atomic E-state index is 0.0319. The number of ether oxygens (including phenoxy) is 1. The predicted molar refractivity (Wildman–Crippen MR) is 111 cm³/mol. The Balaban J connectivity index is 2.22. The molecule has 1 aromatic heterocycles. The van der Waals surface area contributed by atoms with Crippen molar-refractivity contribution in [3.05, 3.63) is 23.9 Å². The van der Waals surface area contributed by atoms with Gasteiger partial charge < -0.3 is 4.74 Å². The van der Waals surface area contributed by atoms with Crippen molar-refractivity contribution in [3.8, 4) is 0 Å². The normalized spacial score (nSPS) is 19.6. The van der Waals surface area contributed by atoms with Crippen LogP contribution in [0.2, 0.25) is 0 Å². The zero-order valence-corrected chi connectivity index (χ0v) is 18.0. The first-order valence-corrected chi connectivity index (χ1v) is 10.5. The Bertz CT molecular complexity index is 593. The van der Waals surface area contributed by atoms with E-state index in [0.717, 1.165) is 19.5 Å². The van der Waals surface area contributed by atoms with Crippen molar-refractivity contribution in [2.75, 3.05) is 18.0 Å². The van der Waals surface area contributed by atoms with Gasteiger partial charge in [-0.3, -0.25) is 9.80 Å². The number of hydrogen-bond acceptors (Lipinski definition) is 4. The maximum atomic E-state index is 12.7. The van der Waals surface area contributed by atoms with Crippen LogP contribution in [0.5, 0.6) is 0 Å². The summed E-state index contributed by atoms with van der Waals surface area (Å²) in [6.07, 6.45) is 7.36. The van der Waals surface area contributed by atoms with Crippen LogP contribution < -0.4 is 4.90 Å². The zero-order chi connectivity index (χ0) is 20.0. The third-order valence-corrected chi connectivity index (χ3v) is 5.15. The van der Waals surface area contributed by atoms with Gasteiger partial charge in [-0.1, -0.05) is 26.3 Å². The molecule has 27 heavy (non-hydrogen) atoms. The van der Waals surface area contributed by atoms with Gasteiger partial charge in [0.25, 0.3) is 0 Å². The molecule has 0 saturated carbocycles. The Kier molecular flexibility index (Phi) is 7.66. The molecule has 0 N–H and O–H groups in total. The molecule has 0 radical (unpaired) electrons. The number of anilines is 1. The summed E-state index contributed by atoms with van der Waals surface area (Å²) < 4.78 is 5.61. The minimum Gasteiger partial charge on any atom is -0.443 e. The van der Waals surface area contributed by atoms with Crippen LogP contribution in [0.3, 0.4) is 0 Å². The Morgan fingerprint density at radius 2 is 2.07 bits per heavy atom. The molecule has 1 amide bonds. The topological polar surface area (TPSA) is 45.7 Å². The highest BCUT2D eigenvalue weighted by Crippen LogP contribution is 2.31. The number of hydrogen-bond donors (Lipinski definition) is 0. The van der Waals surface area contributed by atoms with E-state index in [4.69, 9.17) is 4.74 Å².